The van der Waals surface area contributed by atoms with Crippen LogP contribution in [0.15, 0.2) is 0 Å². The van der Waals surface area contributed by atoms with Crippen LogP contribution in [0.5, 0.6) is 0 Å². The zero-order valence-electron chi connectivity index (χ0n) is 12.1. The number of amides is 2. The van der Waals surface area contributed by atoms with Gasteiger partial charge in [-0.25, -0.2) is 0 Å². The summed E-state index contributed by atoms with van der Waals surface area (Å²) < 4.78 is 0. The van der Waals surface area contributed by atoms with Crippen molar-refractivity contribution in [2.45, 2.75) is 47.5 Å². The van der Waals surface area contributed by atoms with Crippen LogP contribution in [0.4, 0.5) is 0 Å². The highest BCUT2D eigenvalue weighted by Gasteiger charge is 2.08. The molecule has 0 saturated carbocycles. The second-order valence-electron chi connectivity index (χ2n) is 4.72. The number of nitriles is 1. The molecule has 2 amide bonds. The van der Waals surface area contributed by atoms with E-state index in [-0.39, 0.29) is 24.4 Å². The van der Waals surface area contributed by atoms with Crippen molar-refractivity contribution in [1.29, 1.82) is 5.26 Å². The van der Waals surface area contributed by atoms with Gasteiger partial charge in [-0.3, -0.25) is 14.9 Å². The molecule has 108 valence electrons. The van der Waals surface area contributed by atoms with Gasteiger partial charge >= 0.3 is 6.15 Å². The summed E-state index contributed by atoms with van der Waals surface area (Å²) in [5, 5.41) is 10.2. The summed E-state index contributed by atoms with van der Waals surface area (Å²) in [6.07, 6.45) is 0.307. The third kappa shape index (κ3) is 38.7. The molecule has 0 spiro atoms. The number of carbonyl (C=O) groups excluding carboxylic acids is 4. The fourth-order valence-electron chi connectivity index (χ4n) is 0.693. The topological polar surface area (TPSA) is 104 Å². The zero-order chi connectivity index (χ0) is 15.8. The van der Waals surface area contributed by atoms with Crippen molar-refractivity contribution in [3.63, 3.8) is 0 Å². The minimum Gasteiger partial charge on any atom is -0.296 e. The SMILES string of the molecule is CC(C)C.CC(C)CC(=O)NC(=O)CC#N.O=C=O. The molecule has 0 aliphatic rings. The smallest absolute Gasteiger partial charge is 0.296 e. The fourth-order valence-corrected chi connectivity index (χ4v) is 0.693. The molecule has 19 heavy (non-hydrogen) atoms. The summed E-state index contributed by atoms with van der Waals surface area (Å²) in [5.41, 5.74) is 0. The number of nitrogens with zero attached hydrogens (tertiary/aromatic N) is 1. The quantitative estimate of drug-likeness (QED) is 0.839. The lowest BCUT2D eigenvalue weighted by Gasteiger charge is -2.03. The van der Waals surface area contributed by atoms with E-state index in [2.05, 4.69) is 26.1 Å². The second-order valence-corrected chi connectivity index (χ2v) is 4.72. The second kappa shape index (κ2) is 16.0. The van der Waals surface area contributed by atoms with Gasteiger partial charge in [-0.15, -0.1) is 0 Å². The van der Waals surface area contributed by atoms with E-state index in [1.165, 1.54) is 0 Å². The fraction of sp³-hybridized carbons (Fsp3) is 0.692. The maximum absolute atomic E-state index is 10.9. The molecule has 0 bridgehead atoms. The third-order valence-corrected chi connectivity index (χ3v) is 1.11. The lowest BCUT2D eigenvalue weighted by Crippen LogP contribution is -2.30. The largest absolute Gasteiger partial charge is 0.373 e. The Morgan fingerprint density at radius 3 is 1.68 bits per heavy atom. The van der Waals surface area contributed by atoms with Crippen LogP contribution >= 0.6 is 0 Å². The lowest BCUT2D eigenvalue weighted by atomic mass is 10.1. The van der Waals surface area contributed by atoms with E-state index in [1.807, 2.05) is 13.8 Å². The highest BCUT2D eigenvalue weighted by molar-refractivity contribution is 5.95. The van der Waals surface area contributed by atoms with E-state index < -0.39 is 5.91 Å². The molecule has 0 aliphatic carbocycles. The van der Waals surface area contributed by atoms with Crippen LogP contribution in [0, 0.1) is 23.2 Å². The summed E-state index contributed by atoms with van der Waals surface area (Å²) in [6, 6.07) is 1.66. The van der Waals surface area contributed by atoms with Gasteiger partial charge in [0.15, 0.2) is 0 Å². The van der Waals surface area contributed by atoms with Crippen molar-refractivity contribution in [2.75, 3.05) is 0 Å². The zero-order valence-corrected chi connectivity index (χ0v) is 12.1. The van der Waals surface area contributed by atoms with Crippen molar-refractivity contribution >= 4 is 18.0 Å². The van der Waals surface area contributed by atoms with E-state index in [0.717, 1.165) is 5.92 Å². The van der Waals surface area contributed by atoms with Crippen LogP contribution in [0.25, 0.3) is 0 Å². The van der Waals surface area contributed by atoms with E-state index >= 15 is 0 Å². The van der Waals surface area contributed by atoms with E-state index in [0.29, 0.717) is 6.42 Å². The van der Waals surface area contributed by atoms with E-state index in [4.69, 9.17) is 14.9 Å². The Labute approximate surface area is 114 Å². The summed E-state index contributed by atoms with van der Waals surface area (Å²) in [7, 11) is 0. The van der Waals surface area contributed by atoms with Crippen LogP contribution in [0.1, 0.15) is 47.5 Å². The van der Waals surface area contributed by atoms with Crippen LogP contribution in [0.3, 0.4) is 0 Å². The Morgan fingerprint density at radius 1 is 1.05 bits per heavy atom. The Balaban J connectivity index is -0.000000303. The number of hydrogen-bond acceptors (Lipinski definition) is 5. The molecule has 0 radical (unpaired) electrons. The Kier molecular flexibility index (Phi) is 18.7. The third-order valence-electron chi connectivity index (χ3n) is 1.11. The Bertz CT molecular complexity index is 321. The summed E-state index contributed by atoms with van der Waals surface area (Å²) in [5.74, 6) is 0.216. The molecule has 1 N–H and O–H groups in total. The maximum atomic E-state index is 10.9. The molecule has 0 aromatic heterocycles. The number of hydrogen-bond donors (Lipinski definition) is 1. The lowest BCUT2D eigenvalue weighted by molar-refractivity contribution is -0.191. The predicted octanol–water partition coefficient (Wildman–Crippen LogP) is 1.67. The van der Waals surface area contributed by atoms with Crippen molar-refractivity contribution < 1.29 is 19.2 Å². The van der Waals surface area contributed by atoms with Gasteiger partial charge in [0.1, 0.15) is 6.42 Å². The first-order valence-electron chi connectivity index (χ1n) is 5.90. The normalized spacial score (nSPS) is 8.11. The van der Waals surface area contributed by atoms with Crippen molar-refractivity contribution in [3.05, 3.63) is 0 Å². The van der Waals surface area contributed by atoms with Gasteiger partial charge in [-0.05, 0) is 11.8 Å². The highest BCUT2D eigenvalue weighted by atomic mass is 16.2. The minimum atomic E-state index is -0.525. The average Bonchev–Trinajstić information content (AvgIpc) is 2.15. The molecule has 6 heteroatoms. The van der Waals surface area contributed by atoms with Crippen LogP contribution in [-0.4, -0.2) is 18.0 Å². The average molecular weight is 270 g/mol. The predicted molar refractivity (Wildman–Crippen MR) is 68.4 cm³/mol. The van der Waals surface area contributed by atoms with Gasteiger partial charge in [0.05, 0.1) is 6.07 Å². The molecule has 0 saturated heterocycles. The Morgan fingerprint density at radius 2 is 1.42 bits per heavy atom. The van der Waals surface area contributed by atoms with Crippen molar-refractivity contribution in [1.82, 2.24) is 5.32 Å². The number of imide groups is 1. The monoisotopic (exact) mass is 270 g/mol. The molecular formula is C13H22N2O4. The van der Waals surface area contributed by atoms with Gasteiger partial charge in [-0.1, -0.05) is 34.6 Å². The molecule has 0 atom stereocenters. The van der Waals surface area contributed by atoms with Gasteiger partial charge < -0.3 is 0 Å². The Hall–Kier alpha value is -1.99. The van der Waals surface area contributed by atoms with Crippen LogP contribution < -0.4 is 5.32 Å². The van der Waals surface area contributed by atoms with Crippen molar-refractivity contribution in [3.8, 4) is 6.07 Å². The van der Waals surface area contributed by atoms with Crippen LogP contribution in [-0.2, 0) is 19.2 Å². The summed E-state index contributed by atoms with van der Waals surface area (Å²) >= 11 is 0. The van der Waals surface area contributed by atoms with Crippen LogP contribution in [0.2, 0.25) is 0 Å². The molecule has 0 aliphatic heterocycles. The molecule has 0 heterocycles. The number of nitrogens with one attached hydrogen (secondary N) is 1. The molecule has 0 aromatic rings. The van der Waals surface area contributed by atoms with Gasteiger partial charge in [0.25, 0.3) is 0 Å². The number of rotatable bonds is 3. The minimum absolute atomic E-state index is 0.222. The number of carbonyl (C=O) groups is 2. The first-order chi connectivity index (χ1) is 8.70. The molecular weight excluding hydrogens is 248 g/mol. The van der Waals surface area contributed by atoms with Crippen molar-refractivity contribution in [2.24, 2.45) is 11.8 Å². The van der Waals surface area contributed by atoms with Gasteiger partial charge in [0, 0.05) is 6.42 Å². The molecule has 0 fully saturated rings. The maximum Gasteiger partial charge on any atom is 0.373 e. The summed E-state index contributed by atoms with van der Waals surface area (Å²) in [4.78, 5) is 37.8. The molecule has 0 rings (SSSR count). The van der Waals surface area contributed by atoms with E-state index in [9.17, 15) is 9.59 Å². The molecule has 6 nitrogen and oxygen atoms in total. The van der Waals surface area contributed by atoms with Gasteiger partial charge in [0.2, 0.25) is 11.8 Å². The van der Waals surface area contributed by atoms with E-state index in [1.54, 1.807) is 6.07 Å². The first-order valence-corrected chi connectivity index (χ1v) is 5.90. The summed E-state index contributed by atoms with van der Waals surface area (Å²) in [6.45, 7) is 10.3. The molecule has 0 aromatic carbocycles. The standard InChI is InChI=1S/C8H12N2O2.C4H10.CO2/c1-6(2)5-8(12)10-7(11)3-4-9;1-4(2)3;2-1-3/h6H,3,5H2,1-2H3,(H,10,11,12);4H,1-3H3;. The first kappa shape index (κ1) is 22.2. The highest BCUT2D eigenvalue weighted by Crippen LogP contribution is 1.97. The van der Waals surface area contributed by atoms with Gasteiger partial charge in [-0.2, -0.15) is 14.9 Å². The molecule has 0 unspecified atom stereocenters.